The molecule has 2 N–H and O–H groups in total. The number of pyridine rings is 1. The van der Waals surface area contributed by atoms with E-state index < -0.39 is 106 Å². The van der Waals surface area contributed by atoms with Gasteiger partial charge in [0.05, 0.1) is 45.0 Å². The highest BCUT2D eigenvalue weighted by Crippen LogP contribution is 2.68. The summed E-state index contributed by atoms with van der Waals surface area (Å²) in [5.74, 6) is -12.7. The van der Waals surface area contributed by atoms with Gasteiger partial charge in [0.2, 0.25) is 15.9 Å². The quantitative estimate of drug-likeness (QED) is 0.113. The second-order valence-corrected chi connectivity index (χ2v) is 18.6. The Balaban J connectivity index is 1.25. The highest BCUT2D eigenvalue weighted by atomic mass is 35.5. The summed E-state index contributed by atoms with van der Waals surface area (Å²) in [6, 6.07) is 7.62. The molecule has 7 aromatic rings. The fourth-order valence-electron chi connectivity index (χ4n) is 8.66. The molecule has 3 atom stereocenters. The molecule has 2 aliphatic carbocycles. The first kappa shape index (κ1) is 44.8. The van der Waals surface area contributed by atoms with E-state index in [1.54, 1.807) is 6.92 Å². The third kappa shape index (κ3) is 8.02. The van der Waals surface area contributed by atoms with Crippen molar-refractivity contribution in [3.8, 4) is 17.1 Å². The van der Waals surface area contributed by atoms with Gasteiger partial charge < -0.3 is 5.32 Å². The minimum atomic E-state index is -3.96. The fourth-order valence-corrected chi connectivity index (χ4v) is 9.40. The molecule has 15 nitrogen and oxygen atoms in total. The first-order valence-corrected chi connectivity index (χ1v) is 22.2. The normalized spacial score (nSPS) is 17.1. The van der Waals surface area contributed by atoms with Gasteiger partial charge in [0.15, 0.2) is 11.5 Å². The van der Waals surface area contributed by atoms with Gasteiger partial charge in [-0.2, -0.15) is 24.1 Å². The van der Waals surface area contributed by atoms with Crippen LogP contribution in [-0.4, -0.2) is 70.4 Å². The van der Waals surface area contributed by atoms with Crippen molar-refractivity contribution in [2.45, 2.75) is 70.0 Å². The highest BCUT2D eigenvalue weighted by molar-refractivity contribution is 7.92. The van der Waals surface area contributed by atoms with E-state index in [0.29, 0.717) is 23.4 Å². The third-order valence-corrected chi connectivity index (χ3v) is 12.2. The van der Waals surface area contributed by atoms with Crippen molar-refractivity contribution in [2.75, 3.05) is 11.0 Å². The number of carbonyl (C=O) groups excluding carboxylic acids is 1. The molecule has 2 aromatic carbocycles. The van der Waals surface area contributed by atoms with Crippen LogP contribution in [-0.2, 0) is 47.3 Å². The summed E-state index contributed by atoms with van der Waals surface area (Å²) in [6.45, 7) is 0.439. The number of halogens is 9. The van der Waals surface area contributed by atoms with Crippen molar-refractivity contribution < 1.29 is 48.3 Å². The molecule has 2 aliphatic rings. The van der Waals surface area contributed by atoms with Gasteiger partial charge in [-0.05, 0) is 67.3 Å². The first-order valence-electron chi connectivity index (χ1n) is 19.9. The molecule has 0 aliphatic heterocycles. The molecule has 66 heavy (non-hydrogen) atoms. The maximum Gasteiger partial charge on any atom is 0.293 e. The number of benzene rings is 2. The maximum absolute atomic E-state index is 15.6. The lowest BCUT2D eigenvalue weighted by atomic mass is 10.0. The number of hydrogen-bond donors (Lipinski definition) is 2. The lowest BCUT2D eigenvalue weighted by Crippen LogP contribution is -2.38. The van der Waals surface area contributed by atoms with E-state index in [-0.39, 0.29) is 67.4 Å². The molecular weight excluding hydrogens is 930 g/mol. The van der Waals surface area contributed by atoms with Crippen molar-refractivity contribution >= 4 is 55.3 Å². The lowest BCUT2D eigenvalue weighted by molar-refractivity contribution is -0.123. The number of nitrogens with zero attached hydrogens (tertiary/aromatic N) is 9. The predicted octanol–water partition coefficient (Wildman–Crippen LogP) is 7.24. The molecule has 0 bridgehead atoms. The molecule has 5 aromatic heterocycles. The Bertz CT molecular complexity index is 3330. The van der Waals surface area contributed by atoms with Crippen LogP contribution in [0, 0.1) is 24.5 Å². The average Bonchev–Trinajstić information content (AvgIpc) is 3.54. The SMILES string of the molecule is Cc1cc(-c2ccc3c(=O)n(-c4ccc(Cl)c5c(NS(C)(=O)=O)nn(C)c45)c([C@H](Cc4cc(F)cc(F)c4)NC(=O)Cn4nc(C(F)F)c5c4C(F)(F)[C@@H]4C[C@H]54)nc3n2)nn1CC(C)(F)F. The Morgan fingerprint density at radius 1 is 1.00 bits per heavy atom. The molecule has 0 spiro atoms. The second kappa shape index (κ2) is 15.6. The fraction of sp³-hybridized carbons (Fsp3) is 0.341. The maximum atomic E-state index is 15.6. The van der Waals surface area contributed by atoms with Crippen molar-refractivity contribution in [1.29, 1.82) is 0 Å². The van der Waals surface area contributed by atoms with Gasteiger partial charge in [-0.25, -0.2) is 44.7 Å². The standard InChI is InChI=1S/C41H34ClF8N11O4S/c1-17-9-26(54-60(17)16-40(2,47)48)25-7-5-21-36(52-25)53-38(61(39(21)63)28-8-6-24(42)31-33(28)58(3)56-37(31)57-66(4,64)65)27(12-18-10-19(43)13-20(44)11-18)51-29(62)15-59-34-30(32(55-59)35(45)46)22-14-23(22)41(34,49)50/h5-11,13,22-23,27,35H,12,14-16H2,1-4H3,(H,51,62)(H,56,57)/t22-,23+,27-/m0/s1. The van der Waals surface area contributed by atoms with Crippen LogP contribution in [0.3, 0.4) is 0 Å². The van der Waals surface area contributed by atoms with E-state index in [9.17, 15) is 39.6 Å². The molecular formula is C41H34ClF8N11O4S. The van der Waals surface area contributed by atoms with Crippen LogP contribution in [0.15, 0.2) is 53.3 Å². The summed E-state index contributed by atoms with van der Waals surface area (Å²) in [5.41, 5.74) is -2.90. The minimum Gasteiger partial charge on any atom is -0.344 e. The predicted molar refractivity (Wildman–Crippen MR) is 222 cm³/mol. The van der Waals surface area contributed by atoms with Gasteiger partial charge in [-0.15, -0.1) is 0 Å². The smallest absolute Gasteiger partial charge is 0.293 e. The number of anilines is 1. The van der Waals surface area contributed by atoms with Crippen LogP contribution in [0.2, 0.25) is 5.02 Å². The summed E-state index contributed by atoms with van der Waals surface area (Å²) in [7, 11) is -2.56. The van der Waals surface area contributed by atoms with Crippen LogP contribution in [0.5, 0.6) is 0 Å². The second-order valence-electron chi connectivity index (χ2n) is 16.5. The van der Waals surface area contributed by atoms with Gasteiger partial charge in [-0.3, -0.25) is 32.9 Å². The molecule has 1 saturated carbocycles. The van der Waals surface area contributed by atoms with Crippen LogP contribution in [0.25, 0.3) is 39.0 Å². The number of rotatable bonds is 13. The number of hydrogen-bond acceptors (Lipinski definition) is 9. The summed E-state index contributed by atoms with van der Waals surface area (Å²) < 4.78 is 148. The van der Waals surface area contributed by atoms with Gasteiger partial charge >= 0.3 is 0 Å². The number of sulfonamides is 1. The van der Waals surface area contributed by atoms with Crippen molar-refractivity contribution in [2.24, 2.45) is 13.0 Å². The van der Waals surface area contributed by atoms with E-state index in [0.717, 1.165) is 27.6 Å². The van der Waals surface area contributed by atoms with E-state index in [2.05, 4.69) is 30.3 Å². The van der Waals surface area contributed by atoms with Gasteiger partial charge in [0.25, 0.3) is 23.8 Å². The Labute approximate surface area is 372 Å². The Kier molecular flexibility index (Phi) is 10.6. The number of fused-ring (bicyclic) bond motifs is 5. The number of nitrogens with one attached hydrogen (secondary N) is 2. The van der Waals surface area contributed by atoms with Gasteiger partial charge in [-0.1, -0.05) is 11.6 Å². The third-order valence-electron chi connectivity index (χ3n) is 11.3. The number of carbonyl (C=O) groups is 1. The zero-order chi connectivity index (χ0) is 47.5. The van der Waals surface area contributed by atoms with Crippen molar-refractivity contribution in [1.82, 2.24) is 49.2 Å². The number of aromatic nitrogens is 9. The monoisotopic (exact) mass is 963 g/mol. The average molecular weight is 964 g/mol. The van der Waals surface area contributed by atoms with E-state index in [4.69, 9.17) is 16.6 Å². The van der Waals surface area contributed by atoms with Crippen LogP contribution >= 0.6 is 11.6 Å². The largest absolute Gasteiger partial charge is 0.344 e. The van der Waals surface area contributed by atoms with Gasteiger partial charge in [0.1, 0.15) is 47.6 Å². The number of aryl methyl sites for hydroxylation is 2. The summed E-state index contributed by atoms with van der Waals surface area (Å²) in [4.78, 5) is 38.5. The first-order chi connectivity index (χ1) is 30.9. The molecule has 25 heteroatoms. The number of alkyl halides is 6. The molecule has 0 saturated heterocycles. The van der Waals surface area contributed by atoms with Crippen molar-refractivity contribution in [3.05, 3.63) is 110 Å². The van der Waals surface area contributed by atoms with Crippen LogP contribution in [0.1, 0.15) is 65.8 Å². The molecule has 346 valence electrons. The molecule has 9 rings (SSSR count). The highest BCUT2D eigenvalue weighted by Gasteiger charge is 2.67. The molecule has 1 fully saturated rings. The summed E-state index contributed by atoms with van der Waals surface area (Å²) in [6.07, 6.45) is -2.98. The minimum absolute atomic E-state index is 0.00580. The van der Waals surface area contributed by atoms with Crippen molar-refractivity contribution in [3.63, 3.8) is 0 Å². The van der Waals surface area contributed by atoms with Crippen LogP contribution in [0.4, 0.5) is 40.9 Å². The van der Waals surface area contributed by atoms with E-state index in [1.807, 2.05) is 0 Å². The Morgan fingerprint density at radius 2 is 1.71 bits per heavy atom. The Hall–Kier alpha value is -6.43. The molecule has 0 radical (unpaired) electrons. The van der Waals surface area contributed by atoms with E-state index >= 15 is 13.6 Å². The zero-order valence-corrected chi connectivity index (χ0v) is 36.3. The van der Waals surface area contributed by atoms with Crippen LogP contribution < -0.4 is 15.6 Å². The molecule has 5 heterocycles. The van der Waals surface area contributed by atoms with E-state index in [1.165, 1.54) is 42.1 Å². The van der Waals surface area contributed by atoms with Gasteiger partial charge in [0, 0.05) is 43.6 Å². The topological polar surface area (TPSA) is 177 Å². The summed E-state index contributed by atoms with van der Waals surface area (Å²) >= 11 is 6.61. The Morgan fingerprint density at radius 3 is 2.38 bits per heavy atom. The number of amides is 1. The zero-order valence-electron chi connectivity index (χ0n) is 34.7. The molecule has 1 amide bonds. The summed E-state index contributed by atoms with van der Waals surface area (Å²) in [5, 5.41) is 14.6. The molecule has 0 unspecified atom stereocenters. The lowest BCUT2D eigenvalue weighted by Gasteiger charge is -2.24.